The van der Waals surface area contributed by atoms with Crippen LogP contribution in [0, 0.1) is 12.8 Å². The lowest BCUT2D eigenvalue weighted by Crippen LogP contribution is -2.48. The van der Waals surface area contributed by atoms with Crippen molar-refractivity contribution in [2.75, 3.05) is 11.9 Å². The van der Waals surface area contributed by atoms with Crippen molar-refractivity contribution in [3.63, 3.8) is 0 Å². The third-order valence-electron chi connectivity index (χ3n) is 4.07. The summed E-state index contributed by atoms with van der Waals surface area (Å²) in [6.45, 7) is 5.17. The molecule has 1 saturated carbocycles. The molecule has 0 radical (unpaired) electrons. The minimum atomic E-state index is 0.0970. The minimum absolute atomic E-state index is 0.0970. The first-order chi connectivity index (χ1) is 8.53. The van der Waals surface area contributed by atoms with Gasteiger partial charge in [-0.1, -0.05) is 22.9 Å². The van der Waals surface area contributed by atoms with Crippen molar-refractivity contribution in [2.45, 2.75) is 45.1 Å². The van der Waals surface area contributed by atoms with Gasteiger partial charge in [-0.3, -0.25) is 0 Å². The second kappa shape index (κ2) is 5.62. The van der Waals surface area contributed by atoms with Crippen molar-refractivity contribution in [3.8, 4) is 0 Å². The van der Waals surface area contributed by atoms with E-state index in [1.807, 2.05) is 0 Å². The van der Waals surface area contributed by atoms with Gasteiger partial charge in [0.2, 0.25) is 0 Å². The van der Waals surface area contributed by atoms with Crippen molar-refractivity contribution < 1.29 is 0 Å². The number of nitrogens with two attached hydrogens (primary N) is 1. The number of hydrogen-bond donors (Lipinski definition) is 2. The van der Waals surface area contributed by atoms with Crippen LogP contribution in [0.5, 0.6) is 0 Å². The zero-order valence-corrected chi connectivity index (χ0v) is 12.9. The van der Waals surface area contributed by atoms with Crippen LogP contribution in [0.4, 0.5) is 5.69 Å². The summed E-state index contributed by atoms with van der Waals surface area (Å²) in [6.07, 6.45) is 4.90. The molecule has 0 unspecified atom stereocenters. The fourth-order valence-electron chi connectivity index (χ4n) is 2.81. The highest BCUT2D eigenvalue weighted by Gasteiger charge is 2.32. The van der Waals surface area contributed by atoms with Crippen LogP contribution in [0.2, 0.25) is 0 Å². The topological polar surface area (TPSA) is 38.0 Å². The van der Waals surface area contributed by atoms with E-state index in [0.717, 1.165) is 10.4 Å². The van der Waals surface area contributed by atoms with Crippen LogP contribution in [-0.4, -0.2) is 12.1 Å². The summed E-state index contributed by atoms with van der Waals surface area (Å²) in [7, 11) is 0. The van der Waals surface area contributed by atoms with Gasteiger partial charge in [-0.25, -0.2) is 0 Å². The zero-order chi connectivity index (χ0) is 13.2. The summed E-state index contributed by atoms with van der Waals surface area (Å²) in [5.41, 5.74) is 8.58. The smallest absolute Gasteiger partial charge is 0.0495 e. The third kappa shape index (κ3) is 3.27. The van der Waals surface area contributed by atoms with Gasteiger partial charge in [-0.15, -0.1) is 0 Å². The van der Waals surface area contributed by atoms with Gasteiger partial charge in [0.15, 0.2) is 0 Å². The molecule has 2 rings (SSSR count). The van der Waals surface area contributed by atoms with Gasteiger partial charge in [-0.05, 0) is 62.3 Å². The molecule has 1 aliphatic carbocycles. The van der Waals surface area contributed by atoms with Gasteiger partial charge < -0.3 is 11.1 Å². The second-order valence-corrected chi connectivity index (χ2v) is 6.72. The number of aryl methyl sites for hydroxylation is 1. The normalized spacial score (nSPS) is 28.1. The maximum atomic E-state index is 6.03. The van der Waals surface area contributed by atoms with Crippen LogP contribution >= 0.6 is 15.9 Å². The first kappa shape index (κ1) is 13.9. The summed E-state index contributed by atoms with van der Waals surface area (Å²) in [5.74, 6) is 0.843. The van der Waals surface area contributed by atoms with Crippen molar-refractivity contribution in [1.82, 2.24) is 0 Å². The highest BCUT2D eigenvalue weighted by Crippen LogP contribution is 2.34. The summed E-state index contributed by atoms with van der Waals surface area (Å²) >= 11 is 3.56. The average Bonchev–Trinajstić information content (AvgIpc) is 2.31. The third-order valence-corrected chi connectivity index (χ3v) is 4.53. The molecule has 100 valence electrons. The maximum Gasteiger partial charge on any atom is 0.0495 e. The highest BCUT2D eigenvalue weighted by molar-refractivity contribution is 9.10. The molecule has 3 heteroatoms. The summed E-state index contributed by atoms with van der Waals surface area (Å²) in [5, 5.41) is 3.69. The number of halogens is 1. The Morgan fingerprint density at radius 1 is 1.33 bits per heavy atom. The lowest BCUT2D eigenvalue weighted by molar-refractivity contribution is 0.272. The van der Waals surface area contributed by atoms with Crippen molar-refractivity contribution in [1.29, 1.82) is 0 Å². The molecular weight excluding hydrogens is 288 g/mol. The van der Waals surface area contributed by atoms with Gasteiger partial charge in [0.05, 0.1) is 0 Å². The number of rotatable bonds is 3. The van der Waals surface area contributed by atoms with Gasteiger partial charge in [0.1, 0.15) is 0 Å². The van der Waals surface area contributed by atoms with E-state index in [0.29, 0.717) is 6.54 Å². The monoisotopic (exact) mass is 310 g/mol. The van der Waals surface area contributed by atoms with Crippen molar-refractivity contribution >= 4 is 21.6 Å². The number of benzene rings is 1. The Bertz CT molecular complexity index is 389. The van der Waals surface area contributed by atoms with E-state index < -0.39 is 0 Å². The zero-order valence-electron chi connectivity index (χ0n) is 11.3. The van der Waals surface area contributed by atoms with E-state index >= 15 is 0 Å². The Labute approximate surface area is 118 Å². The Morgan fingerprint density at radius 3 is 2.56 bits per heavy atom. The molecule has 0 atom stereocenters. The Morgan fingerprint density at radius 2 is 2.00 bits per heavy atom. The number of anilines is 1. The van der Waals surface area contributed by atoms with E-state index in [9.17, 15) is 0 Å². The van der Waals surface area contributed by atoms with Crippen molar-refractivity contribution in [3.05, 3.63) is 28.2 Å². The van der Waals surface area contributed by atoms with E-state index in [2.05, 4.69) is 53.3 Å². The van der Waals surface area contributed by atoms with Gasteiger partial charge >= 0.3 is 0 Å². The molecule has 1 aromatic rings. The van der Waals surface area contributed by atoms with Gasteiger partial charge in [-0.2, -0.15) is 0 Å². The Kier molecular flexibility index (Phi) is 4.33. The quantitative estimate of drug-likeness (QED) is 0.883. The van der Waals surface area contributed by atoms with E-state index in [4.69, 9.17) is 5.73 Å². The molecule has 3 N–H and O–H groups in total. The van der Waals surface area contributed by atoms with Crippen LogP contribution in [0.15, 0.2) is 22.7 Å². The van der Waals surface area contributed by atoms with Gasteiger partial charge in [0.25, 0.3) is 0 Å². The predicted molar refractivity (Wildman–Crippen MR) is 81.9 cm³/mol. The molecule has 0 spiro atoms. The molecule has 0 heterocycles. The van der Waals surface area contributed by atoms with Crippen LogP contribution in [0.1, 0.15) is 38.2 Å². The largest absolute Gasteiger partial charge is 0.378 e. The number of hydrogen-bond acceptors (Lipinski definition) is 2. The molecule has 0 aliphatic heterocycles. The first-order valence-electron chi connectivity index (χ1n) is 6.78. The molecule has 1 fully saturated rings. The summed E-state index contributed by atoms with van der Waals surface area (Å²) in [4.78, 5) is 0. The summed E-state index contributed by atoms with van der Waals surface area (Å²) < 4.78 is 1.13. The lowest BCUT2D eigenvalue weighted by atomic mass is 9.77. The molecule has 1 aromatic carbocycles. The lowest BCUT2D eigenvalue weighted by Gasteiger charge is -2.40. The SMILES string of the molecule is Cc1cc(Br)cc(NC2(CN)CCC(C)CC2)c1. The fourth-order valence-corrected chi connectivity index (χ4v) is 3.42. The molecule has 0 bridgehead atoms. The predicted octanol–water partition coefficient (Wildman–Crippen LogP) is 4.08. The average molecular weight is 311 g/mol. The maximum absolute atomic E-state index is 6.03. The first-order valence-corrected chi connectivity index (χ1v) is 7.58. The standard InChI is InChI=1S/C15H23BrN2/c1-11-3-5-15(10-17,6-4-11)18-14-8-12(2)7-13(16)9-14/h7-9,11,18H,3-6,10,17H2,1-2H3. The Balaban J connectivity index is 2.14. The van der Waals surface area contributed by atoms with Crippen LogP contribution in [0.3, 0.4) is 0 Å². The highest BCUT2D eigenvalue weighted by atomic mass is 79.9. The molecule has 1 aliphatic rings. The van der Waals surface area contributed by atoms with Crippen LogP contribution < -0.4 is 11.1 Å². The summed E-state index contributed by atoms with van der Waals surface area (Å²) in [6, 6.07) is 6.46. The van der Waals surface area contributed by atoms with Crippen LogP contribution in [0.25, 0.3) is 0 Å². The van der Waals surface area contributed by atoms with E-state index in [1.54, 1.807) is 0 Å². The molecule has 0 amide bonds. The molecule has 0 aromatic heterocycles. The van der Waals surface area contributed by atoms with Crippen molar-refractivity contribution in [2.24, 2.45) is 11.7 Å². The molecular formula is C15H23BrN2. The van der Waals surface area contributed by atoms with E-state index in [1.165, 1.54) is 36.9 Å². The number of nitrogens with one attached hydrogen (secondary N) is 1. The minimum Gasteiger partial charge on any atom is -0.378 e. The van der Waals surface area contributed by atoms with E-state index in [-0.39, 0.29) is 5.54 Å². The molecule has 2 nitrogen and oxygen atoms in total. The second-order valence-electron chi connectivity index (χ2n) is 5.81. The molecule has 18 heavy (non-hydrogen) atoms. The van der Waals surface area contributed by atoms with Gasteiger partial charge in [0, 0.05) is 22.2 Å². The Hall–Kier alpha value is -0.540. The molecule has 0 saturated heterocycles. The fraction of sp³-hybridized carbons (Fsp3) is 0.600. The van der Waals surface area contributed by atoms with Crippen LogP contribution in [-0.2, 0) is 0 Å².